The Morgan fingerprint density at radius 2 is 1.85 bits per heavy atom. The molecule has 1 N–H and O–H groups in total. The van der Waals surface area contributed by atoms with Gasteiger partial charge in [0.1, 0.15) is 17.3 Å². The largest absolute Gasteiger partial charge is 0.507 e. The van der Waals surface area contributed by atoms with Crippen LogP contribution in [-0.4, -0.2) is 67.5 Å². The average molecular weight is 473 g/mol. The summed E-state index contributed by atoms with van der Waals surface area (Å²) in [6.45, 7) is 3.56. The topological polar surface area (TPSA) is 79.3 Å². The molecule has 2 aromatic rings. The van der Waals surface area contributed by atoms with E-state index in [1.165, 1.54) is 18.1 Å². The molecule has 0 radical (unpaired) electrons. The molecular formula is C25H29ClN2O5. The Balaban J connectivity index is 2.08. The quantitative estimate of drug-likeness (QED) is 0.336. The number of aliphatic hydroxyl groups excluding tert-OH is 1. The van der Waals surface area contributed by atoms with Gasteiger partial charge in [-0.25, -0.2) is 0 Å². The average Bonchev–Trinajstić information content (AvgIpc) is 3.04. The van der Waals surface area contributed by atoms with Gasteiger partial charge in [-0.05, 0) is 69.9 Å². The second-order valence-electron chi connectivity index (χ2n) is 8.00. The predicted molar refractivity (Wildman–Crippen MR) is 128 cm³/mol. The summed E-state index contributed by atoms with van der Waals surface area (Å²) in [5.74, 6) is -0.489. The molecule has 176 valence electrons. The number of methoxy groups -OCH3 is 1. The third-order valence-corrected chi connectivity index (χ3v) is 5.77. The summed E-state index contributed by atoms with van der Waals surface area (Å²) < 4.78 is 10.7. The van der Waals surface area contributed by atoms with Gasteiger partial charge in [0.05, 0.1) is 30.4 Å². The molecule has 1 saturated heterocycles. The van der Waals surface area contributed by atoms with E-state index < -0.39 is 17.7 Å². The lowest BCUT2D eigenvalue weighted by atomic mass is 9.95. The number of benzene rings is 2. The molecule has 1 aliphatic rings. The van der Waals surface area contributed by atoms with Crippen LogP contribution < -0.4 is 9.47 Å². The molecule has 1 fully saturated rings. The van der Waals surface area contributed by atoms with Crippen LogP contribution in [0.5, 0.6) is 11.5 Å². The van der Waals surface area contributed by atoms with Crippen molar-refractivity contribution in [1.29, 1.82) is 0 Å². The first-order valence-corrected chi connectivity index (χ1v) is 11.2. The van der Waals surface area contributed by atoms with E-state index in [-0.39, 0.29) is 11.3 Å². The van der Waals surface area contributed by atoms with Gasteiger partial charge in [0.25, 0.3) is 11.7 Å². The number of halogens is 1. The Morgan fingerprint density at radius 1 is 1.15 bits per heavy atom. The van der Waals surface area contributed by atoms with Gasteiger partial charge in [-0.15, -0.1) is 0 Å². The van der Waals surface area contributed by atoms with Crippen molar-refractivity contribution < 1.29 is 24.2 Å². The third-order valence-electron chi connectivity index (χ3n) is 5.48. The molecule has 0 aromatic heterocycles. The SMILES string of the molecule is CCOc1ccc([C@@H]2/C(=C(\O)c3ccc(OC)c(Cl)c3)C(=O)C(=O)N2CCCN(C)C)cc1. The zero-order valence-corrected chi connectivity index (χ0v) is 20.1. The maximum absolute atomic E-state index is 13.1. The van der Waals surface area contributed by atoms with Crippen LogP contribution in [0.2, 0.25) is 5.02 Å². The minimum absolute atomic E-state index is 0.0373. The number of aliphatic hydroxyl groups is 1. The molecule has 2 aromatic carbocycles. The molecule has 1 aliphatic heterocycles. The van der Waals surface area contributed by atoms with Crippen molar-refractivity contribution >= 4 is 29.1 Å². The highest BCUT2D eigenvalue weighted by Gasteiger charge is 2.45. The minimum Gasteiger partial charge on any atom is -0.507 e. The lowest BCUT2D eigenvalue weighted by molar-refractivity contribution is -0.139. The number of likely N-dealkylation sites (tertiary alicyclic amines) is 1. The lowest BCUT2D eigenvalue weighted by Gasteiger charge is -2.26. The molecule has 0 aliphatic carbocycles. The Kier molecular flexibility index (Phi) is 8.00. The van der Waals surface area contributed by atoms with Gasteiger partial charge in [-0.3, -0.25) is 9.59 Å². The lowest BCUT2D eigenvalue weighted by Crippen LogP contribution is -2.32. The first kappa shape index (κ1) is 24.6. The van der Waals surface area contributed by atoms with Crippen LogP contribution in [0.3, 0.4) is 0 Å². The normalized spacial score (nSPS) is 17.6. The standard InChI is InChI=1S/C25H29ClN2O5/c1-5-33-18-10-7-16(8-11-18)22-21(23(29)17-9-12-20(32-4)19(26)15-17)24(30)25(31)28(22)14-6-13-27(2)3/h7-12,15,22,29H,5-6,13-14H2,1-4H3/b23-21+/t22-/m1/s1. The van der Waals surface area contributed by atoms with E-state index in [9.17, 15) is 14.7 Å². The van der Waals surface area contributed by atoms with Crippen molar-refractivity contribution in [1.82, 2.24) is 9.80 Å². The Bertz CT molecular complexity index is 1050. The number of nitrogens with zero attached hydrogens (tertiary/aromatic N) is 2. The second kappa shape index (κ2) is 10.7. The first-order valence-electron chi connectivity index (χ1n) is 10.8. The summed E-state index contributed by atoms with van der Waals surface area (Å²) in [6.07, 6.45) is 0.682. The Hall–Kier alpha value is -3.03. The number of rotatable bonds is 9. The number of amides is 1. The van der Waals surface area contributed by atoms with Crippen molar-refractivity contribution in [2.75, 3.05) is 40.9 Å². The van der Waals surface area contributed by atoms with E-state index in [1.54, 1.807) is 24.3 Å². The summed E-state index contributed by atoms with van der Waals surface area (Å²) >= 11 is 6.23. The highest BCUT2D eigenvalue weighted by Crippen LogP contribution is 2.40. The van der Waals surface area contributed by atoms with Crippen LogP contribution >= 0.6 is 11.6 Å². The van der Waals surface area contributed by atoms with Crippen LogP contribution in [0.15, 0.2) is 48.0 Å². The molecule has 1 heterocycles. The smallest absolute Gasteiger partial charge is 0.295 e. The zero-order valence-electron chi connectivity index (χ0n) is 19.3. The highest BCUT2D eigenvalue weighted by atomic mass is 35.5. The number of hydrogen-bond donors (Lipinski definition) is 1. The fourth-order valence-corrected chi connectivity index (χ4v) is 4.15. The molecule has 0 bridgehead atoms. The van der Waals surface area contributed by atoms with Gasteiger partial charge in [-0.1, -0.05) is 23.7 Å². The van der Waals surface area contributed by atoms with Crippen LogP contribution in [0.25, 0.3) is 5.76 Å². The van der Waals surface area contributed by atoms with Gasteiger partial charge in [0.15, 0.2) is 0 Å². The summed E-state index contributed by atoms with van der Waals surface area (Å²) in [7, 11) is 5.39. The summed E-state index contributed by atoms with van der Waals surface area (Å²) in [5.41, 5.74) is 1.09. The van der Waals surface area contributed by atoms with E-state index in [1.807, 2.05) is 38.1 Å². The second-order valence-corrected chi connectivity index (χ2v) is 8.41. The maximum atomic E-state index is 13.1. The van der Waals surface area contributed by atoms with Crippen molar-refractivity contribution in [3.63, 3.8) is 0 Å². The fraction of sp³-hybridized carbons (Fsp3) is 0.360. The van der Waals surface area contributed by atoms with Gasteiger partial charge >= 0.3 is 0 Å². The van der Waals surface area contributed by atoms with Crippen LogP contribution in [-0.2, 0) is 9.59 Å². The van der Waals surface area contributed by atoms with Crippen molar-refractivity contribution in [3.8, 4) is 11.5 Å². The summed E-state index contributed by atoms with van der Waals surface area (Å²) in [4.78, 5) is 29.6. The predicted octanol–water partition coefficient (Wildman–Crippen LogP) is 4.12. The third kappa shape index (κ3) is 5.31. The highest BCUT2D eigenvalue weighted by molar-refractivity contribution is 6.46. The fourth-order valence-electron chi connectivity index (χ4n) is 3.90. The minimum atomic E-state index is -0.719. The molecule has 0 unspecified atom stereocenters. The monoisotopic (exact) mass is 472 g/mol. The summed E-state index contributed by atoms with van der Waals surface area (Å²) in [5, 5.41) is 11.4. The number of carbonyl (C=O) groups excluding carboxylic acids is 2. The zero-order chi connectivity index (χ0) is 24.1. The van der Waals surface area contributed by atoms with E-state index in [2.05, 4.69) is 0 Å². The molecule has 8 heteroatoms. The number of ketones is 1. The van der Waals surface area contributed by atoms with Gasteiger partial charge in [0.2, 0.25) is 0 Å². The van der Waals surface area contributed by atoms with E-state index in [0.717, 1.165) is 6.54 Å². The maximum Gasteiger partial charge on any atom is 0.295 e. The molecule has 7 nitrogen and oxygen atoms in total. The number of Topliss-reactive ketones (excluding diaryl/α,β-unsaturated/α-hetero) is 1. The van der Waals surface area contributed by atoms with Gasteiger partial charge in [0, 0.05) is 12.1 Å². The van der Waals surface area contributed by atoms with Crippen molar-refractivity contribution in [3.05, 3.63) is 64.2 Å². The van der Waals surface area contributed by atoms with Crippen LogP contribution in [0.1, 0.15) is 30.5 Å². The molecule has 3 rings (SSSR count). The molecule has 1 amide bonds. The summed E-state index contributed by atoms with van der Waals surface area (Å²) in [6, 6.07) is 11.2. The van der Waals surface area contributed by atoms with Gasteiger partial charge < -0.3 is 24.4 Å². The number of carbonyl (C=O) groups is 2. The van der Waals surface area contributed by atoms with Crippen molar-refractivity contribution in [2.45, 2.75) is 19.4 Å². The molecule has 1 atom stereocenters. The Morgan fingerprint density at radius 3 is 2.42 bits per heavy atom. The first-order chi connectivity index (χ1) is 15.8. The van der Waals surface area contributed by atoms with E-state index in [0.29, 0.717) is 47.2 Å². The van der Waals surface area contributed by atoms with Crippen LogP contribution in [0.4, 0.5) is 0 Å². The van der Waals surface area contributed by atoms with Crippen molar-refractivity contribution in [2.24, 2.45) is 0 Å². The van der Waals surface area contributed by atoms with Crippen LogP contribution in [0, 0.1) is 0 Å². The number of hydrogen-bond acceptors (Lipinski definition) is 6. The molecule has 0 saturated carbocycles. The molecule has 0 spiro atoms. The molecule has 33 heavy (non-hydrogen) atoms. The van der Waals surface area contributed by atoms with E-state index >= 15 is 0 Å². The van der Waals surface area contributed by atoms with Gasteiger partial charge in [-0.2, -0.15) is 0 Å². The van der Waals surface area contributed by atoms with E-state index in [4.69, 9.17) is 21.1 Å². The number of ether oxygens (including phenoxy) is 2. The Labute approximate surface area is 199 Å². The molecular weight excluding hydrogens is 444 g/mol.